The highest BCUT2D eigenvalue weighted by Gasteiger charge is 2.11. The molecule has 0 saturated heterocycles. The van der Waals surface area contributed by atoms with Gasteiger partial charge in [0.05, 0.1) is 0 Å². The lowest BCUT2D eigenvalue weighted by atomic mass is 9.95. The van der Waals surface area contributed by atoms with Crippen molar-refractivity contribution in [2.24, 2.45) is 0 Å². The van der Waals surface area contributed by atoms with Crippen LogP contribution in [0.3, 0.4) is 0 Å². The van der Waals surface area contributed by atoms with E-state index in [1.165, 1.54) is 36.8 Å². The third-order valence-corrected chi connectivity index (χ3v) is 2.50. The zero-order valence-electron chi connectivity index (χ0n) is 6.74. The molecule has 0 atom stereocenters. The van der Waals surface area contributed by atoms with Gasteiger partial charge in [0, 0.05) is 10.7 Å². The summed E-state index contributed by atoms with van der Waals surface area (Å²) in [7, 11) is 0. The van der Waals surface area contributed by atoms with Crippen LogP contribution >= 0.6 is 0 Å². The van der Waals surface area contributed by atoms with E-state index in [0.29, 0.717) is 0 Å². The predicted molar refractivity (Wildman–Crippen MR) is 47.7 cm³/mol. The third-order valence-electron chi connectivity index (χ3n) is 2.50. The van der Waals surface area contributed by atoms with Crippen LogP contribution in [0.2, 0.25) is 0 Å². The number of aromatic nitrogens is 1. The predicted octanol–water partition coefficient (Wildman–Crippen LogP) is 0.714. The lowest BCUT2D eigenvalue weighted by molar-refractivity contribution is 0.686. The van der Waals surface area contributed by atoms with Gasteiger partial charge in [-0.15, -0.1) is 0 Å². The van der Waals surface area contributed by atoms with Crippen molar-refractivity contribution in [3.63, 3.8) is 0 Å². The largest absolute Gasteiger partial charge is 0.356 e. The zero-order chi connectivity index (χ0) is 7.84. The van der Waals surface area contributed by atoms with Gasteiger partial charge in [-0.25, -0.2) is 0 Å². The zero-order valence-corrected chi connectivity index (χ0v) is 6.74. The van der Waals surface area contributed by atoms with E-state index < -0.39 is 0 Å². The van der Waals surface area contributed by atoms with E-state index in [9.17, 15) is 0 Å². The van der Waals surface area contributed by atoms with Gasteiger partial charge in [-0.3, -0.25) is 0 Å². The van der Waals surface area contributed by atoms with Crippen molar-refractivity contribution in [3.05, 3.63) is 21.8 Å². The minimum Gasteiger partial charge on any atom is -0.356 e. The number of hydrogen-bond donors (Lipinski definition) is 1. The molecule has 1 heteroatoms. The average molecular weight is 147 g/mol. The summed E-state index contributed by atoms with van der Waals surface area (Å²) in [6.45, 7) is 7.92. The van der Waals surface area contributed by atoms with E-state index in [1.807, 2.05) is 0 Å². The summed E-state index contributed by atoms with van der Waals surface area (Å²) in [6.07, 6.45) is 5.01. The first-order valence-electron chi connectivity index (χ1n) is 4.16. The van der Waals surface area contributed by atoms with Gasteiger partial charge < -0.3 is 4.98 Å². The summed E-state index contributed by atoms with van der Waals surface area (Å²) in [6, 6.07) is 0. The SMILES string of the molecule is C=c1[nH]c(=C)c2c1CCCC2. The van der Waals surface area contributed by atoms with E-state index >= 15 is 0 Å². The first-order chi connectivity index (χ1) is 5.29. The van der Waals surface area contributed by atoms with Gasteiger partial charge in [0.1, 0.15) is 0 Å². The number of H-pyrrole nitrogens is 1. The van der Waals surface area contributed by atoms with Gasteiger partial charge in [0.15, 0.2) is 0 Å². The number of rotatable bonds is 0. The van der Waals surface area contributed by atoms with E-state index in [4.69, 9.17) is 0 Å². The number of nitrogens with one attached hydrogen (secondary N) is 1. The normalized spacial score (nSPS) is 16.4. The first kappa shape index (κ1) is 6.71. The topological polar surface area (TPSA) is 15.8 Å². The fourth-order valence-electron chi connectivity index (χ4n) is 1.90. The summed E-state index contributed by atoms with van der Waals surface area (Å²) < 4.78 is 0. The molecule has 1 aromatic heterocycles. The van der Waals surface area contributed by atoms with E-state index in [1.54, 1.807) is 0 Å². The molecule has 0 aliphatic heterocycles. The highest BCUT2D eigenvalue weighted by molar-refractivity contribution is 5.31. The third kappa shape index (κ3) is 0.917. The van der Waals surface area contributed by atoms with Gasteiger partial charge in [0.2, 0.25) is 0 Å². The molecule has 1 aliphatic carbocycles. The van der Waals surface area contributed by atoms with Gasteiger partial charge in [-0.2, -0.15) is 0 Å². The van der Waals surface area contributed by atoms with Crippen LogP contribution in [0.4, 0.5) is 0 Å². The Morgan fingerprint density at radius 1 is 0.909 bits per heavy atom. The van der Waals surface area contributed by atoms with Gasteiger partial charge in [-0.05, 0) is 36.8 Å². The van der Waals surface area contributed by atoms with Crippen LogP contribution < -0.4 is 10.7 Å². The molecule has 2 rings (SSSR count). The molecule has 0 saturated carbocycles. The molecule has 0 unspecified atom stereocenters. The highest BCUT2D eigenvalue weighted by atomic mass is 14.7. The van der Waals surface area contributed by atoms with Crippen LogP contribution in [0.25, 0.3) is 13.2 Å². The van der Waals surface area contributed by atoms with Crippen molar-refractivity contribution in [1.82, 2.24) is 4.98 Å². The van der Waals surface area contributed by atoms with E-state index in [-0.39, 0.29) is 0 Å². The van der Waals surface area contributed by atoms with Crippen LogP contribution in [0.5, 0.6) is 0 Å². The Kier molecular flexibility index (Phi) is 1.38. The monoisotopic (exact) mass is 147 g/mol. The molecular formula is C10H13N. The Bertz CT molecular complexity index is 324. The molecule has 0 spiro atoms. The maximum absolute atomic E-state index is 3.96. The Balaban J connectivity index is 2.70. The molecule has 1 nitrogen and oxygen atoms in total. The van der Waals surface area contributed by atoms with Crippen LogP contribution in [-0.2, 0) is 12.8 Å². The van der Waals surface area contributed by atoms with Crippen LogP contribution in [-0.4, -0.2) is 4.98 Å². The van der Waals surface area contributed by atoms with Gasteiger partial charge in [0.25, 0.3) is 0 Å². The molecular weight excluding hydrogens is 134 g/mol. The number of aromatic amines is 1. The minimum absolute atomic E-state index is 1.09. The lowest BCUT2D eigenvalue weighted by Gasteiger charge is -2.09. The molecule has 58 valence electrons. The fraction of sp³-hybridized carbons (Fsp3) is 0.400. The second-order valence-electron chi connectivity index (χ2n) is 3.25. The Labute approximate surface area is 66.4 Å². The van der Waals surface area contributed by atoms with Crippen LogP contribution in [0.15, 0.2) is 0 Å². The minimum atomic E-state index is 1.09. The Morgan fingerprint density at radius 2 is 1.36 bits per heavy atom. The Morgan fingerprint density at radius 3 is 1.82 bits per heavy atom. The molecule has 1 aliphatic rings. The summed E-state index contributed by atoms with van der Waals surface area (Å²) in [5.74, 6) is 0. The molecule has 0 amide bonds. The van der Waals surface area contributed by atoms with Crippen molar-refractivity contribution in [2.75, 3.05) is 0 Å². The van der Waals surface area contributed by atoms with Crippen molar-refractivity contribution in [2.45, 2.75) is 25.7 Å². The molecule has 1 heterocycles. The van der Waals surface area contributed by atoms with Crippen molar-refractivity contribution in [1.29, 1.82) is 0 Å². The standard InChI is InChI=1S/C10H13N/c1-7-9-5-3-4-6-10(9)8(2)11-7/h11H,1-6H2. The summed E-state index contributed by atoms with van der Waals surface area (Å²) in [4.78, 5) is 3.20. The second kappa shape index (κ2) is 2.26. The molecule has 0 radical (unpaired) electrons. The summed E-state index contributed by atoms with van der Waals surface area (Å²) in [5, 5.41) is 2.18. The van der Waals surface area contributed by atoms with Gasteiger partial charge >= 0.3 is 0 Å². The molecule has 0 aromatic carbocycles. The number of hydrogen-bond acceptors (Lipinski definition) is 0. The fourth-order valence-corrected chi connectivity index (χ4v) is 1.90. The van der Waals surface area contributed by atoms with Crippen molar-refractivity contribution >= 4 is 13.2 Å². The second-order valence-corrected chi connectivity index (χ2v) is 3.25. The molecule has 0 fully saturated rings. The number of fused-ring (bicyclic) bond motifs is 1. The van der Waals surface area contributed by atoms with E-state index in [2.05, 4.69) is 18.1 Å². The van der Waals surface area contributed by atoms with Crippen molar-refractivity contribution < 1.29 is 0 Å². The first-order valence-corrected chi connectivity index (χ1v) is 4.16. The summed E-state index contributed by atoms with van der Waals surface area (Å²) >= 11 is 0. The van der Waals surface area contributed by atoms with Gasteiger partial charge in [-0.1, -0.05) is 13.2 Å². The van der Waals surface area contributed by atoms with Crippen molar-refractivity contribution in [3.8, 4) is 0 Å². The van der Waals surface area contributed by atoms with E-state index in [0.717, 1.165) is 10.7 Å². The van der Waals surface area contributed by atoms with Crippen LogP contribution in [0, 0.1) is 0 Å². The summed E-state index contributed by atoms with van der Waals surface area (Å²) in [5.41, 5.74) is 2.86. The smallest absolute Gasteiger partial charge is 0.0347 e. The molecule has 1 N–H and O–H groups in total. The maximum Gasteiger partial charge on any atom is 0.0347 e. The van der Waals surface area contributed by atoms with Crippen LogP contribution in [0.1, 0.15) is 24.0 Å². The molecule has 11 heavy (non-hydrogen) atoms. The molecule has 1 aromatic rings. The lowest BCUT2D eigenvalue weighted by Crippen LogP contribution is -2.10. The highest BCUT2D eigenvalue weighted by Crippen LogP contribution is 2.13. The Hall–Kier alpha value is -0.980. The molecule has 0 bridgehead atoms. The maximum atomic E-state index is 3.96. The quantitative estimate of drug-likeness (QED) is 0.556. The average Bonchev–Trinajstić information content (AvgIpc) is 2.30.